The summed E-state index contributed by atoms with van der Waals surface area (Å²) in [5, 5.41) is 2.83. The number of hydrogen-bond acceptors (Lipinski definition) is 3. The predicted molar refractivity (Wildman–Crippen MR) is 102 cm³/mol. The van der Waals surface area contributed by atoms with Gasteiger partial charge in [-0.15, -0.1) is 0 Å². The number of amides is 1. The van der Waals surface area contributed by atoms with Crippen molar-refractivity contribution in [2.24, 2.45) is 0 Å². The standard InChI is InChI=1S/C21H21NO3S/c1-15-7-9-17(10-8-15)13-22-21(23)19-12-11-18(25-19)14-26(24)20-6-4-3-5-16(20)2/h3-12H,13-14H2,1-2H3,(H,22,23)/t26-/m0/s1. The number of carbonyl (C=O) groups is 1. The fraction of sp³-hybridized carbons (Fsp3) is 0.190. The van der Waals surface area contributed by atoms with Gasteiger partial charge in [-0.05, 0) is 43.2 Å². The molecule has 0 bridgehead atoms. The smallest absolute Gasteiger partial charge is 0.287 e. The molecule has 0 saturated carbocycles. The van der Waals surface area contributed by atoms with E-state index in [1.807, 2.05) is 62.4 Å². The molecule has 3 aromatic rings. The van der Waals surface area contributed by atoms with Crippen LogP contribution in [0.2, 0.25) is 0 Å². The molecule has 1 N–H and O–H groups in total. The maximum absolute atomic E-state index is 12.5. The van der Waals surface area contributed by atoms with Gasteiger partial charge in [0.15, 0.2) is 5.76 Å². The normalized spacial score (nSPS) is 11.9. The van der Waals surface area contributed by atoms with Crippen LogP contribution in [0.1, 0.15) is 33.0 Å². The van der Waals surface area contributed by atoms with Crippen molar-refractivity contribution < 1.29 is 13.4 Å². The maximum atomic E-state index is 12.5. The lowest BCUT2D eigenvalue weighted by Crippen LogP contribution is -2.22. The van der Waals surface area contributed by atoms with Crippen LogP contribution in [0.4, 0.5) is 0 Å². The molecule has 0 spiro atoms. The summed E-state index contributed by atoms with van der Waals surface area (Å²) in [6, 6.07) is 18.9. The van der Waals surface area contributed by atoms with Gasteiger partial charge in [-0.1, -0.05) is 48.0 Å². The lowest BCUT2D eigenvalue weighted by atomic mass is 10.1. The first-order valence-electron chi connectivity index (χ1n) is 8.39. The molecule has 0 aliphatic rings. The second kappa shape index (κ2) is 8.15. The SMILES string of the molecule is Cc1ccc(CNC(=O)c2ccc(C[S@](=O)c3ccccc3C)o2)cc1. The molecule has 0 radical (unpaired) electrons. The van der Waals surface area contributed by atoms with Crippen LogP contribution in [-0.2, 0) is 23.1 Å². The van der Waals surface area contributed by atoms with Gasteiger partial charge in [-0.3, -0.25) is 9.00 Å². The van der Waals surface area contributed by atoms with Crippen molar-refractivity contribution in [1.29, 1.82) is 0 Å². The van der Waals surface area contributed by atoms with E-state index in [1.54, 1.807) is 12.1 Å². The van der Waals surface area contributed by atoms with Gasteiger partial charge in [0.05, 0.1) is 16.6 Å². The average Bonchev–Trinajstić information content (AvgIpc) is 3.10. The van der Waals surface area contributed by atoms with Crippen LogP contribution in [0, 0.1) is 13.8 Å². The van der Waals surface area contributed by atoms with E-state index in [1.165, 1.54) is 5.56 Å². The minimum Gasteiger partial charge on any atom is -0.455 e. The van der Waals surface area contributed by atoms with E-state index in [-0.39, 0.29) is 17.4 Å². The van der Waals surface area contributed by atoms with Crippen molar-refractivity contribution in [3.8, 4) is 0 Å². The molecule has 1 atom stereocenters. The molecule has 0 unspecified atom stereocenters. The van der Waals surface area contributed by atoms with E-state index in [2.05, 4.69) is 5.32 Å². The van der Waals surface area contributed by atoms with Crippen molar-refractivity contribution in [3.63, 3.8) is 0 Å². The molecule has 0 saturated heterocycles. The molecule has 5 heteroatoms. The van der Waals surface area contributed by atoms with Gasteiger partial charge in [-0.2, -0.15) is 0 Å². The zero-order valence-corrected chi connectivity index (χ0v) is 15.6. The summed E-state index contributed by atoms with van der Waals surface area (Å²) in [7, 11) is -1.21. The first-order valence-corrected chi connectivity index (χ1v) is 9.71. The lowest BCUT2D eigenvalue weighted by Gasteiger charge is -2.05. The van der Waals surface area contributed by atoms with E-state index in [4.69, 9.17) is 4.42 Å². The van der Waals surface area contributed by atoms with E-state index in [9.17, 15) is 9.00 Å². The summed E-state index contributed by atoms with van der Waals surface area (Å²) in [5.41, 5.74) is 3.18. The highest BCUT2D eigenvalue weighted by Gasteiger charge is 2.14. The Morgan fingerprint density at radius 1 is 1.00 bits per heavy atom. The van der Waals surface area contributed by atoms with Crippen LogP contribution in [0.25, 0.3) is 0 Å². The van der Waals surface area contributed by atoms with Crippen molar-refractivity contribution in [1.82, 2.24) is 5.32 Å². The molecule has 0 aliphatic carbocycles. The number of nitrogens with one attached hydrogen (secondary N) is 1. The van der Waals surface area contributed by atoms with Gasteiger partial charge in [0.25, 0.3) is 5.91 Å². The van der Waals surface area contributed by atoms with E-state index < -0.39 is 10.8 Å². The summed E-state index contributed by atoms with van der Waals surface area (Å²) in [6.45, 7) is 4.39. The summed E-state index contributed by atoms with van der Waals surface area (Å²) in [5.74, 6) is 0.732. The van der Waals surface area contributed by atoms with Gasteiger partial charge >= 0.3 is 0 Å². The van der Waals surface area contributed by atoms with Crippen molar-refractivity contribution in [2.75, 3.05) is 0 Å². The Labute approximate surface area is 155 Å². The molecule has 1 aromatic heterocycles. The second-order valence-corrected chi connectivity index (χ2v) is 7.61. The zero-order chi connectivity index (χ0) is 18.5. The number of benzene rings is 2. The van der Waals surface area contributed by atoms with Crippen LogP contribution in [0.3, 0.4) is 0 Å². The van der Waals surface area contributed by atoms with E-state index >= 15 is 0 Å². The Hall–Kier alpha value is -2.66. The average molecular weight is 367 g/mol. The summed E-state index contributed by atoms with van der Waals surface area (Å²) in [6.07, 6.45) is 0. The highest BCUT2D eigenvalue weighted by molar-refractivity contribution is 7.84. The topological polar surface area (TPSA) is 59.3 Å². The number of hydrogen-bond donors (Lipinski definition) is 1. The number of carbonyl (C=O) groups excluding carboxylic acids is 1. The molecule has 2 aromatic carbocycles. The Bertz CT molecular complexity index is 928. The number of furan rings is 1. The molecular weight excluding hydrogens is 346 g/mol. The molecule has 134 valence electrons. The molecule has 26 heavy (non-hydrogen) atoms. The van der Waals surface area contributed by atoms with Crippen LogP contribution < -0.4 is 5.32 Å². The third-order valence-electron chi connectivity index (χ3n) is 4.07. The van der Waals surface area contributed by atoms with E-state index in [0.717, 1.165) is 16.0 Å². The first-order chi connectivity index (χ1) is 12.5. The van der Waals surface area contributed by atoms with Gasteiger partial charge in [0.2, 0.25) is 0 Å². The molecule has 0 fully saturated rings. The number of rotatable bonds is 6. The molecule has 1 amide bonds. The third kappa shape index (κ3) is 4.49. The highest BCUT2D eigenvalue weighted by Crippen LogP contribution is 2.18. The van der Waals surface area contributed by atoms with Crippen molar-refractivity contribution in [2.45, 2.75) is 31.0 Å². The predicted octanol–water partition coefficient (Wildman–Crippen LogP) is 4.13. The van der Waals surface area contributed by atoms with Crippen LogP contribution in [0.15, 0.2) is 70.0 Å². The highest BCUT2D eigenvalue weighted by atomic mass is 32.2. The molecule has 0 aliphatic heterocycles. The van der Waals surface area contributed by atoms with Crippen molar-refractivity contribution >= 4 is 16.7 Å². The second-order valence-electron chi connectivity index (χ2n) is 6.19. The van der Waals surface area contributed by atoms with Crippen LogP contribution in [-0.4, -0.2) is 10.1 Å². The number of aryl methyl sites for hydroxylation is 2. The Morgan fingerprint density at radius 3 is 2.46 bits per heavy atom. The third-order valence-corrected chi connectivity index (χ3v) is 5.57. The van der Waals surface area contributed by atoms with Gasteiger partial charge in [0, 0.05) is 11.4 Å². The molecule has 4 nitrogen and oxygen atoms in total. The summed E-state index contributed by atoms with van der Waals surface area (Å²) in [4.78, 5) is 13.0. The fourth-order valence-corrected chi connectivity index (χ4v) is 3.80. The zero-order valence-electron chi connectivity index (χ0n) is 14.8. The Morgan fingerprint density at radius 2 is 1.73 bits per heavy atom. The van der Waals surface area contributed by atoms with Gasteiger partial charge in [0.1, 0.15) is 5.76 Å². The van der Waals surface area contributed by atoms with Crippen LogP contribution >= 0.6 is 0 Å². The maximum Gasteiger partial charge on any atom is 0.287 e. The van der Waals surface area contributed by atoms with Crippen LogP contribution in [0.5, 0.6) is 0 Å². The van der Waals surface area contributed by atoms with Gasteiger partial charge < -0.3 is 9.73 Å². The first kappa shape index (κ1) is 18.1. The quantitative estimate of drug-likeness (QED) is 0.712. The monoisotopic (exact) mass is 367 g/mol. The fourth-order valence-electron chi connectivity index (χ4n) is 2.57. The largest absolute Gasteiger partial charge is 0.455 e. The van der Waals surface area contributed by atoms with Gasteiger partial charge in [-0.25, -0.2) is 0 Å². The van der Waals surface area contributed by atoms with E-state index in [0.29, 0.717) is 12.3 Å². The van der Waals surface area contributed by atoms with Crippen molar-refractivity contribution in [3.05, 3.63) is 88.9 Å². The minimum atomic E-state index is -1.21. The summed E-state index contributed by atoms with van der Waals surface area (Å²) >= 11 is 0. The Kier molecular flexibility index (Phi) is 5.68. The minimum absolute atomic E-state index is 0.230. The molecule has 3 rings (SSSR count). The lowest BCUT2D eigenvalue weighted by molar-refractivity contribution is 0.0921. The Balaban J connectivity index is 1.60. The molecular formula is C21H21NO3S. The summed E-state index contributed by atoms with van der Waals surface area (Å²) < 4.78 is 18.1. The molecule has 1 heterocycles.